The lowest BCUT2D eigenvalue weighted by molar-refractivity contribution is 0.0949. The summed E-state index contributed by atoms with van der Waals surface area (Å²) >= 11 is 0. The van der Waals surface area contributed by atoms with Gasteiger partial charge in [-0.1, -0.05) is 18.2 Å². The van der Waals surface area contributed by atoms with Crippen LogP contribution in [0.3, 0.4) is 0 Å². The Hall–Kier alpha value is -2.35. The minimum absolute atomic E-state index is 0.0806. The molecule has 8 heteroatoms. The maximum absolute atomic E-state index is 12.7. The molecule has 1 aromatic heterocycles. The van der Waals surface area contributed by atoms with Crippen molar-refractivity contribution < 1.29 is 17.9 Å². The number of sulfone groups is 1. The lowest BCUT2D eigenvalue weighted by Crippen LogP contribution is -2.24. The molecular weight excluding hydrogens is 354 g/mol. The number of nitrogens with one attached hydrogen (secondary N) is 1. The van der Waals surface area contributed by atoms with Crippen LogP contribution in [0.2, 0.25) is 0 Å². The number of methoxy groups -OCH3 is 1. The molecule has 1 fully saturated rings. The molecule has 1 unspecified atom stereocenters. The Morgan fingerprint density at radius 1 is 1.35 bits per heavy atom. The molecule has 0 spiro atoms. The van der Waals surface area contributed by atoms with Crippen LogP contribution in [-0.4, -0.2) is 42.7 Å². The fourth-order valence-corrected chi connectivity index (χ4v) is 5.12. The minimum Gasteiger partial charge on any atom is -0.496 e. The summed E-state index contributed by atoms with van der Waals surface area (Å²) in [6.07, 6.45) is 0.534. The number of carbonyl (C=O) groups is 1. The number of aryl methyl sites for hydroxylation is 1. The fraction of sp³-hybridized carbons (Fsp3) is 0.444. The summed E-state index contributed by atoms with van der Waals surface area (Å²) < 4.78 is 30.5. The van der Waals surface area contributed by atoms with E-state index in [-0.39, 0.29) is 23.5 Å². The van der Waals surface area contributed by atoms with Gasteiger partial charge < -0.3 is 10.1 Å². The summed E-state index contributed by atoms with van der Waals surface area (Å²) in [6, 6.07) is 7.30. The number of hydrogen-bond acceptors (Lipinski definition) is 5. The van der Waals surface area contributed by atoms with Gasteiger partial charge in [0.2, 0.25) is 0 Å². The van der Waals surface area contributed by atoms with E-state index in [2.05, 4.69) is 10.4 Å². The molecule has 140 valence electrons. The third-order valence-corrected chi connectivity index (χ3v) is 6.49. The van der Waals surface area contributed by atoms with Crippen LogP contribution < -0.4 is 10.1 Å². The van der Waals surface area contributed by atoms with Crippen molar-refractivity contribution >= 4 is 15.7 Å². The number of hydrogen-bond donors (Lipinski definition) is 1. The van der Waals surface area contributed by atoms with Gasteiger partial charge in [0.25, 0.3) is 5.91 Å². The van der Waals surface area contributed by atoms with Crippen molar-refractivity contribution in [3.8, 4) is 5.75 Å². The lowest BCUT2D eigenvalue weighted by atomic mass is 10.1. The topological polar surface area (TPSA) is 90.3 Å². The molecule has 1 saturated heterocycles. The number of amides is 1. The maximum Gasteiger partial charge on any atom is 0.255 e. The third kappa shape index (κ3) is 3.60. The fourth-order valence-electron chi connectivity index (χ4n) is 3.43. The SMILES string of the molecule is COc1ccccc1CNC(=O)c1c(C)nn(C2CCS(=O)(=O)C2)c1C. The van der Waals surface area contributed by atoms with Gasteiger partial charge in [-0.25, -0.2) is 8.42 Å². The highest BCUT2D eigenvalue weighted by molar-refractivity contribution is 7.91. The van der Waals surface area contributed by atoms with E-state index in [0.717, 1.165) is 5.56 Å². The van der Waals surface area contributed by atoms with Crippen LogP contribution in [0.1, 0.15) is 39.8 Å². The molecule has 7 nitrogen and oxygen atoms in total. The van der Waals surface area contributed by atoms with Gasteiger partial charge in [0.05, 0.1) is 35.9 Å². The molecule has 1 amide bonds. The second kappa shape index (κ2) is 7.11. The Morgan fingerprint density at radius 3 is 2.73 bits per heavy atom. The van der Waals surface area contributed by atoms with Crippen molar-refractivity contribution in [3.63, 3.8) is 0 Å². The van der Waals surface area contributed by atoms with E-state index in [1.807, 2.05) is 31.2 Å². The molecule has 3 rings (SSSR count). The summed E-state index contributed by atoms with van der Waals surface area (Å²) in [7, 11) is -1.42. The monoisotopic (exact) mass is 377 g/mol. The average molecular weight is 377 g/mol. The molecule has 0 aliphatic carbocycles. The normalized spacial score (nSPS) is 18.7. The number of nitrogens with zero attached hydrogens (tertiary/aromatic N) is 2. The summed E-state index contributed by atoms with van der Waals surface area (Å²) in [5.41, 5.74) is 2.68. The first-order valence-corrected chi connectivity index (χ1v) is 10.3. The van der Waals surface area contributed by atoms with Gasteiger partial charge in [-0.3, -0.25) is 9.48 Å². The smallest absolute Gasteiger partial charge is 0.255 e. The number of ether oxygens (including phenoxy) is 1. The van der Waals surface area contributed by atoms with Crippen molar-refractivity contribution in [2.75, 3.05) is 18.6 Å². The first-order valence-electron chi connectivity index (χ1n) is 8.48. The quantitative estimate of drug-likeness (QED) is 0.858. The molecule has 1 atom stereocenters. The first kappa shape index (κ1) is 18.4. The zero-order valence-corrected chi connectivity index (χ0v) is 16.0. The van der Waals surface area contributed by atoms with Crippen molar-refractivity contribution in [1.29, 1.82) is 0 Å². The van der Waals surface area contributed by atoms with Crippen molar-refractivity contribution in [3.05, 3.63) is 46.8 Å². The highest BCUT2D eigenvalue weighted by Gasteiger charge is 2.32. The molecule has 1 N–H and O–H groups in total. The Bertz CT molecular complexity index is 934. The standard InChI is InChI=1S/C18H23N3O4S/c1-12-17(13(2)21(20-12)15-8-9-26(23,24)11-15)18(22)19-10-14-6-4-5-7-16(14)25-3/h4-7,15H,8-11H2,1-3H3,(H,19,22). The van der Waals surface area contributed by atoms with Crippen LogP contribution in [0.15, 0.2) is 24.3 Å². The highest BCUT2D eigenvalue weighted by atomic mass is 32.2. The largest absolute Gasteiger partial charge is 0.496 e. The summed E-state index contributed by atoms with van der Waals surface area (Å²) in [4.78, 5) is 12.7. The molecule has 2 heterocycles. The Balaban J connectivity index is 1.78. The van der Waals surface area contributed by atoms with E-state index in [0.29, 0.717) is 35.7 Å². The predicted octanol–water partition coefficient (Wildman–Crippen LogP) is 1.80. The lowest BCUT2D eigenvalue weighted by Gasteiger charge is -2.12. The number of aromatic nitrogens is 2. The van der Waals surface area contributed by atoms with Crippen LogP contribution in [0, 0.1) is 13.8 Å². The average Bonchev–Trinajstić information content (AvgIpc) is 3.11. The van der Waals surface area contributed by atoms with Gasteiger partial charge in [-0.05, 0) is 26.3 Å². The molecular formula is C18H23N3O4S. The minimum atomic E-state index is -3.01. The van der Waals surface area contributed by atoms with E-state index in [4.69, 9.17) is 4.74 Å². The number of para-hydroxylation sites is 1. The van der Waals surface area contributed by atoms with E-state index in [1.165, 1.54) is 0 Å². The van der Waals surface area contributed by atoms with E-state index >= 15 is 0 Å². The van der Waals surface area contributed by atoms with E-state index in [9.17, 15) is 13.2 Å². The Morgan fingerprint density at radius 2 is 2.08 bits per heavy atom. The van der Waals surface area contributed by atoms with Crippen molar-refractivity contribution in [1.82, 2.24) is 15.1 Å². The van der Waals surface area contributed by atoms with Gasteiger partial charge in [0, 0.05) is 17.8 Å². The summed E-state index contributed by atoms with van der Waals surface area (Å²) in [6.45, 7) is 3.92. The van der Waals surface area contributed by atoms with Gasteiger partial charge >= 0.3 is 0 Å². The number of benzene rings is 1. The number of carbonyl (C=O) groups excluding carboxylic acids is 1. The molecule has 1 aliphatic heterocycles. The van der Waals surface area contributed by atoms with Gasteiger partial charge in [0.15, 0.2) is 9.84 Å². The van der Waals surface area contributed by atoms with Gasteiger partial charge in [0.1, 0.15) is 5.75 Å². The van der Waals surface area contributed by atoms with Crippen LogP contribution in [0.5, 0.6) is 5.75 Å². The van der Waals surface area contributed by atoms with Crippen LogP contribution in [0.25, 0.3) is 0 Å². The number of rotatable bonds is 5. The Labute approximate surface area is 153 Å². The van der Waals surface area contributed by atoms with Gasteiger partial charge in [-0.2, -0.15) is 5.10 Å². The van der Waals surface area contributed by atoms with Crippen LogP contribution in [0.4, 0.5) is 0 Å². The van der Waals surface area contributed by atoms with E-state index < -0.39 is 9.84 Å². The van der Waals surface area contributed by atoms with Crippen molar-refractivity contribution in [2.45, 2.75) is 32.9 Å². The Kier molecular flexibility index (Phi) is 5.04. The summed E-state index contributed by atoms with van der Waals surface area (Å²) in [5, 5.41) is 7.34. The molecule has 1 aliphatic rings. The molecule has 26 heavy (non-hydrogen) atoms. The van der Waals surface area contributed by atoms with Crippen molar-refractivity contribution in [2.24, 2.45) is 0 Å². The maximum atomic E-state index is 12.7. The van der Waals surface area contributed by atoms with E-state index in [1.54, 1.807) is 18.7 Å². The van der Waals surface area contributed by atoms with Crippen LogP contribution in [-0.2, 0) is 16.4 Å². The molecule has 2 aromatic rings. The zero-order valence-electron chi connectivity index (χ0n) is 15.2. The highest BCUT2D eigenvalue weighted by Crippen LogP contribution is 2.27. The molecule has 0 radical (unpaired) electrons. The molecule has 1 aromatic carbocycles. The zero-order chi connectivity index (χ0) is 18.9. The second-order valence-corrected chi connectivity index (χ2v) is 8.77. The van der Waals surface area contributed by atoms with Gasteiger partial charge in [-0.15, -0.1) is 0 Å². The second-order valence-electron chi connectivity index (χ2n) is 6.54. The summed E-state index contributed by atoms with van der Waals surface area (Å²) in [5.74, 6) is 0.744. The third-order valence-electron chi connectivity index (χ3n) is 4.74. The first-order chi connectivity index (χ1) is 12.3. The molecule has 0 bridgehead atoms. The predicted molar refractivity (Wildman–Crippen MR) is 98.2 cm³/mol. The van der Waals surface area contributed by atoms with Crippen LogP contribution >= 0.6 is 0 Å². The molecule has 0 saturated carbocycles.